The van der Waals surface area contributed by atoms with Gasteiger partial charge in [-0.2, -0.15) is 0 Å². The quantitative estimate of drug-likeness (QED) is 0.237. The molecule has 0 saturated heterocycles. The van der Waals surface area contributed by atoms with Crippen molar-refractivity contribution in [3.05, 3.63) is 109 Å². The molecule has 5 aromatic carbocycles. The van der Waals surface area contributed by atoms with Crippen LogP contribution in [0.25, 0.3) is 22.3 Å². The van der Waals surface area contributed by atoms with Crippen LogP contribution in [-0.4, -0.2) is 14.2 Å². The molecule has 5 heteroatoms. The zero-order valence-electron chi connectivity index (χ0n) is 20.5. The minimum absolute atomic E-state index is 0.867. The predicted octanol–water partition coefficient (Wildman–Crippen LogP) is 9.40. The summed E-state index contributed by atoms with van der Waals surface area (Å²) < 4.78 is 11.3. The summed E-state index contributed by atoms with van der Waals surface area (Å²) in [5.41, 5.74) is 6.71. The van der Waals surface area contributed by atoms with Gasteiger partial charge in [-0.15, -0.1) is 0 Å². The van der Waals surface area contributed by atoms with E-state index in [1.165, 1.54) is 19.6 Å². The van der Waals surface area contributed by atoms with Gasteiger partial charge in [-0.25, -0.2) is 0 Å². The second-order valence-corrected chi connectivity index (χ2v) is 10.7. The highest BCUT2D eigenvalue weighted by Crippen LogP contribution is 2.54. The molecule has 0 aromatic heterocycles. The van der Waals surface area contributed by atoms with Crippen LogP contribution < -0.4 is 14.8 Å². The molecule has 1 aliphatic heterocycles. The van der Waals surface area contributed by atoms with Gasteiger partial charge in [0.2, 0.25) is 0 Å². The summed E-state index contributed by atoms with van der Waals surface area (Å²) in [4.78, 5) is 4.89. The standard InChI is InChI=1S/C32H25NO2S2/c1-34-24-16-18-28-30(20-24)37-32-29(36-28)19-17-27(35-2)31(32)22-14-12-21(13-15-22)25-10-6-7-11-26(25)33-23-8-4-3-5-9-23/h3-20,33H,1-2H3. The van der Waals surface area contributed by atoms with Crippen LogP contribution in [0.3, 0.4) is 0 Å². The van der Waals surface area contributed by atoms with Gasteiger partial charge in [0.25, 0.3) is 0 Å². The number of ether oxygens (including phenoxy) is 2. The molecule has 37 heavy (non-hydrogen) atoms. The van der Waals surface area contributed by atoms with E-state index in [1.807, 2.05) is 24.3 Å². The lowest BCUT2D eigenvalue weighted by Crippen LogP contribution is -1.97. The number of nitrogens with one attached hydrogen (secondary N) is 1. The maximum atomic E-state index is 5.84. The highest BCUT2D eigenvalue weighted by atomic mass is 32.2. The molecule has 5 aromatic rings. The Kier molecular flexibility index (Phi) is 6.56. The van der Waals surface area contributed by atoms with E-state index in [-0.39, 0.29) is 0 Å². The van der Waals surface area contributed by atoms with Crippen LogP contribution in [-0.2, 0) is 0 Å². The van der Waals surface area contributed by atoms with Crippen molar-refractivity contribution in [2.75, 3.05) is 19.5 Å². The molecule has 3 nitrogen and oxygen atoms in total. The number of methoxy groups -OCH3 is 2. The second kappa shape index (κ2) is 10.3. The number of hydrogen-bond donors (Lipinski definition) is 1. The van der Waals surface area contributed by atoms with Crippen molar-refractivity contribution in [2.24, 2.45) is 0 Å². The zero-order valence-corrected chi connectivity index (χ0v) is 22.2. The van der Waals surface area contributed by atoms with Crippen molar-refractivity contribution in [3.8, 4) is 33.8 Å². The third kappa shape index (κ3) is 4.68. The number of benzene rings is 5. The molecule has 1 N–H and O–H groups in total. The van der Waals surface area contributed by atoms with E-state index in [1.54, 1.807) is 37.7 Å². The summed E-state index contributed by atoms with van der Waals surface area (Å²) in [5.74, 6) is 1.74. The Morgan fingerprint density at radius 2 is 1.32 bits per heavy atom. The number of rotatable bonds is 6. The largest absolute Gasteiger partial charge is 0.497 e. The molecule has 0 amide bonds. The Morgan fingerprint density at radius 3 is 2.11 bits per heavy atom. The first kappa shape index (κ1) is 23.6. The van der Waals surface area contributed by atoms with Crippen molar-refractivity contribution >= 4 is 34.9 Å². The second-order valence-electron chi connectivity index (χ2n) is 8.60. The van der Waals surface area contributed by atoms with Crippen molar-refractivity contribution in [3.63, 3.8) is 0 Å². The van der Waals surface area contributed by atoms with E-state index in [2.05, 4.69) is 90.2 Å². The summed E-state index contributed by atoms with van der Waals surface area (Å²) in [7, 11) is 3.45. The number of hydrogen-bond acceptors (Lipinski definition) is 5. The average Bonchev–Trinajstić information content (AvgIpc) is 2.96. The molecular weight excluding hydrogens is 494 g/mol. The Bertz CT molecular complexity index is 1570. The van der Waals surface area contributed by atoms with Gasteiger partial charge in [0.15, 0.2) is 0 Å². The van der Waals surface area contributed by atoms with Gasteiger partial charge in [-0.3, -0.25) is 0 Å². The Labute approximate surface area is 225 Å². The van der Waals surface area contributed by atoms with Crippen molar-refractivity contribution in [1.82, 2.24) is 0 Å². The molecular formula is C32H25NO2S2. The molecule has 182 valence electrons. The van der Waals surface area contributed by atoms with Crippen LogP contribution in [0, 0.1) is 0 Å². The maximum Gasteiger partial charge on any atom is 0.127 e. The van der Waals surface area contributed by atoms with Crippen molar-refractivity contribution in [1.29, 1.82) is 0 Å². The molecule has 1 aliphatic rings. The first-order valence-electron chi connectivity index (χ1n) is 12.0. The Morgan fingerprint density at radius 1 is 0.595 bits per heavy atom. The fourth-order valence-electron chi connectivity index (χ4n) is 4.52. The molecule has 1 heterocycles. The van der Waals surface area contributed by atoms with Crippen molar-refractivity contribution in [2.45, 2.75) is 19.6 Å². The summed E-state index contributed by atoms with van der Waals surface area (Å²) in [6.07, 6.45) is 0. The molecule has 0 saturated carbocycles. The maximum absolute atomic E-state index is 5.84. The fraction of sp³-hybridized carbons (Fsp3) is 0.0625. The topological polar surface area (TPSA) is 30.5 Å². The molecule has 0 aliphatic carbocycles. The van der Waals surface area contributed by atoms with Gasteiger partial charge >= 0.3 is 0 Å². The number of para-hydroxylation sites is 2. The predicted molar refractivity (Wildman–Crippen MR) is 155 cm³/mol. The molecule has 0 bridgehead atoms. The average molecular weight is 520 g/mol. The van der Waals surface area contributed by atoms with Gasteiger partial charge in [0, 0.05) is 42.1 Å². The Balaban J connectivity index is 1.37. The van der Waals surface area contributed by atoms with Crippen LogP contribution in [0.2, 0.25) is 0 Å². The Hall–Kier alpha value is -3.80. The summed E-state index contributed by atoms with van der Waals surface area (Å²) in [5, 5.41) is 3.56. The van der Waals surface area contributed by atoms with Gasteiger partial charge in [-0.05, 0) is 59.7 Å². The number of fused-ring (bicyclic) bond motifs is 2. The smallest absolute Gasteiger partial charge is 0.127 e. The van der Waals surface area contributed by atoms with Gasteiger partial charge in [0.05, 0.1) is 14.2 Å². The van der Waals surface area contributed by atoms with Crippen LogP contribution >= 0.6 is 23.5 Å². The van der Waals surface area contributed by atoms with Crippen LogP contribution in [0.1, 0.15) is 0 Å². The monoisotopic (exact) mass is 519 g/mol. The first-order valence-corrected chi connectivity index (χ1v) is 13.6. The van der Waals surface area contributed by atoms with Crippen LogP contribution in [0.5, 0.6) is 11.5 Å². The minimum atomic E-state index is 0.867. The summed E-state index contributed by atoms with van der Waals surface area (Å²) in [6, 6.07) is 37.9. The van der Waals surface area contributed by atoms with E-state index in [4.69, 9.17) is 9.47 Å². The van der Waals surface area contributed by atoms with E-state index in [9.17, 15) is 0 Å². The van der Waals surface area contributed by atoms with E-state index < -0.39 is 0 Å². The van der Waals surface area contributed by atoms with Gasteiger partial charge in [0.1, 0.15) is 11.5 Å². The lowest BCUT2D eigenvalue weighted by molar-refractivity contribution is 0.413. The lowest BCUT2D eigenvalue weighted by atomic mass is 9.98. The van der Waals surface area contributed by atoms with E-state index in [0.717, 1.165) is 45.1 Å². The SMILES string of the molecule is COc1ccc2c(c1)Sc1c(ccc(OC)c1-c1ccc(-c3ccccc3Nc3ccccc3)cc1)S2. The molecule has 0 spiro atoms. The highest BCUT2D eigenvalue weighted by Gasteiger charge is 2.24. The summed E-state index contributed by atoms with van der Waals surface area (Å²) >= 11 is 3.57. The minimum Gasteiger partial charge on any atom is -0.497 e. The lowest BCUT2D eigenvalue weighted by Gasteiger charge is -2.23. The van der Waals surface area contributed by atoms with Gasteiger partial charge < -0.3 is 14.8 Å². The van der Waals surface area contributed by atoms with Gasteiger partial charge in [-0.1, -0.05) is 84.2 Å². The van der Waals surface area contributed by atoms with E-state index in [0.29, 0.717) is 0 Å². The molecule has 0 fully saturated rings. The zero-order chi connectivity index (χ0) is 25.2. The number of anilines is 2. The fourth-order valence-corrected chi connectivity index (χ4v) is 6.93. The third-order valence-electron chi connectivity index (χ3n) is 6.35. The molecule has 0 radical (unpaired) electrons. The molecule has 6 rings (SSSR count). The molecule has 0 unspecified atom stereocenters. The van der Waals surface area contributed by atoms with Crippen LogP contribution in [0.4, 0.5) is 11.4 Å². The normalized spacial score (nSPS) is 11.8. The highest BCUT2D eigenvalue weighted by molar-refractivity contribution is 8.05. The van der Waals surface area contributed by atoms with Crippen LogP contribution in [0.15, 0.2) is 129 Å². The first-order chi connectivity index (χ1) is 18.2. The summed E-state index contributed by atoms with van der Waals surface area (Å²) in [6.45, 7) is 0. The van der Waals surface area contributed by atoms with E-state index >= 15 is 0 Å². The molecule has 0 atom stereocenters. The third-order valence-corrected chi connectivity index (χ3v) is 8.93. The van der Waals surface area contributed by atoms with Crippen molar-refractivity contribution < 1.29 is 9.47 Å².